The van der Waals surface area contributed by atoms with E-state index in [0.29, 0.717) is 18.0 Å². The number of carbonyl (C=O) groups excluding carboxylic acids is 2. The molecular weight excluding hydrogens is 420 g/mol. The number of nitrogens with zero attached hydrogens (tertiary/aromatic N) is 2. The molecule has 2 aromatic carbocycles. The summed E-state index contributed by atoms with van der Waals surface area (Å²) in [7, 11) is 0. The van der Waals surface area contributed by atoms with Crippen molar-refractivity contribution in [1.29, 1.82) is 0 Å². The van der Waals surface area contributed by atoms with Gasteiger partial charge >= 0.3 is 6.03 Å². The van der Waals surface area contributed by atoms with Crippen molar-refractivity contribution in [3.05, 3.63) is 70.7 Å². The van der Waals surface area contributed by atoms with E-state index in [0.717, 1.165) is 41.2 Å². The van der Waals surface area contributed by atoms with Crippen LogP contribution in [0, 0.1) is 6.92 Å². The van der Waals surface area contributed by atoms with Crippen molar-refractivity contribution in [1.82, 2.24) is 15.2 Å². The van der Waals surface area contributed by atoms with Gasteiger partial charge in [0, 0.05) is 30.4 Å². The fraction of sp³-hybridized carbons (Fsp3) is 0.320. The summed E-state index contributed by atoms with van der Waals surface area (Å²) < 4.78 is 0. The number of hydrogen-bond donors (Lipinski definition) is 2. The summed E-state index contributed by atoms with van der Waals surface area (Å²) in [5.74, 6) is -0.0800. The second-order valence-electron chi connectivity index (χ2n) is 8.01. The summed E-state index contributed by atoms with van der Waals surface area (Å²) in [6, 6.07) is 17.7. The molecule has 7 heteroatoms. The minimum Gasteiger partial charge on any atom is -0.348 e. The first-order chi connectivity index (χ1) is 15.5. The Hall–Kier alpha value is -3.19. The Bertz CT molecular complexity index is 1070. The van der Waals surface area contributed by atoms with Crippen LogP contribution in [-0.2, 0) is 6.42 Å². The summed E-state index contributed by atoms with van der Waals surface area (Å²) in [5.41, 5.74) is 3.85. The molecule has 0 atom stereocenters. The van der Waals surface area contributed by atoms with Gasteiger partial charge in [-0.3, -0.25) is 4.79 Å². The number of carbonyl (C=O) groups is 2. The molecule has 3 aromatic rings. The fourth-order valence-corrected chi connectivity index (χ4v) is 4.79. The third-order valence-electron chi connectivity index (χ3n) is 5.75. The van der Waals surface area contributed by atoms with Gasteiger partial charge in [-0.1, -0.05) is 49.4 Å². The Morgan fingerprint density at radius 2 is 1.75 bits per heavy atom. The lowest BCUT2D eigenvalue weighted by atomic mass is 10.1. The van der Waals surface area contributed by atoms with Crippen molar-refractivity contribution in [2.75, 3.05) is 18.4 Å². The van der Waals surface area contributed by atoms with Gasteiger partial charge in [0.1, 0.15) is 9.88 Å². The first kappa shape index (κ1) is 22.0. The topological polar surface area (TPSA) is 74.3 Å². The number of anilines is 1. The van der Waals surface area contributed by atoms with Crippen molar-refractivity contribution in [3.63, 3.8) is 0 Å². The highest BCUT2D eigenvalue weighted by molar-refractivity contribution is 7.17. The van der Waals surface area contributed by atoms with E-state index < -0.39 is 0 Å². The zero-order valence-electron chi connectivity index (χ0n) is 18.4. The van der Waals surface area contributed by atoms with Crippen LogP contribution < -0.4 is 10.6 Å². The second-order valence-corrected chi connectivity index (χ2v) is 9.01. The zero-order valence-corrected chi connectivity index (χ0v) is 19.2. The molecule has 2 N–H and O–H groups in total. The molecule has 0 radical (unpaired) electrons. The van der Waals surface area contributed by atoms with Crippen LogP contribution in [0.2, 0.25) is 0 Å². The van der Waals surface area contributed by atoms with Gasteiger partial charge in [0.15, 0.2) is 0 Å². The van der Waals surface area contributed by atoms with Crippen LogP contribution >= 0.6 is 11.3 Å². The van der Waals surface area contributed by atoms with Crippen molar-refractivity contribution in [2.45, 2.75) is 39.2 Å². The SMILES string of the molecule is CCc1ccc(-c2nc(C)c(C(=O)NC3CCN(C(=O)Nc4ccccc4)CC3)s2)cc1. The highest BCUT2D eigenvalue weighted by atomic mass is 32.1. The van der Waals surface area contributed by atoms with E-state index in [4.69, 9.17) is 0 Å². The van der Waals surface area contributed by atoms with E-state index in [1.165, 1.54) is 16.9 Å². The molecule has 0 unspecified atom stereocenters. The molecule has 1 aliphatic heterocycles. The number of nitrogens with one attached hydrogen (secondary N) is 2. The minimum atomic E-state index is -0.0991. The molecule has 2 heterocycles. The monoisotopic (exact) mass is 448 g/mol. The highest BCUT2D eigenvalue weighted by Gasteiger charge is 2.25. The van der Waals surface area contributed by atoms with Gasteiger partial charge in [0.05, 0.1) is 5.69 Å². The van der Waals surface area contributed by atoms with Crippen molar-refractivity contribution < 1.29 is 9.59 Å². The molecule has 1 aliphatic rings. The molecule has 0 spiro atoms. The molecule has 32 heavy (non-hydrogen) atoms. The van der Waals surface area contributed by atoms with Crippen LogP contribution in [0.15, 0.2) is 54.6 Å². The summed E-state index contributed by atoms with van der Waals surface area (Å²) in [6.07, 6.45) is 2.46. The van der Waals surface area contributed by atoms with Crippen LogP contribution in [0.3, 0.4) is 0 Å². The first-order valence-corrected chi connectivity index (χ1v) is 11.8. The van der Waals surface area contributed by atoms with Crippen LogP contribution in [0.5, 0.6) is 0 Å². The van der Waals surface area contributed by atoms with Gasteiger partial charge < -0.3 is 15.5 Å². The Balaban J connectivity index is 1.32. The van der Waals surface area contributed by atoms with Crippen molar-refractivity contribution in [2.24, 2.45) is 0 Å². The number of aromatic nitrogens is 1. The number of likely N-dealkylation sites (tertiary alicyclic amines) is 1. The molecule has 1 aromatic heterocycles. The Morgan fingerprint density at radius 3 is 2.41 bits per heavy atom. The molecule has 166 valence electrons. The molecule has 4 rings (SSSR count). The molecule has 3 amide bonds. The lowest BCUT2D eigenvalue weighted by Gasteiger charge is -2.32. The second kappa shape index (κ2) is 9.96. The van der Waals surface area contributed by atoms with Gasteiger partial charge in [-0.05, 0) is 43.9 Å². The quantitative estimate of drug-likeness (QED) is 0.570. The van der Waals surface area contributed by atoms with E-state index >= 15 is 0 Å². The van der Waals surface area contributed by atoms with Gasteiger partial charge in [-0.15, -0.1) is 11.3 Å². The fourth-order valence-electron chi connectivity index (χ4n) is 3.82. The van der Waals surface area contributed by atoms with Gasteiger partial charge in [0.25, 0.3) is 5.91 Å². The third kappa shape index (κ3) is 5.16. The van der Waals surface area contributed by atoms with E-state index in [1.54, 1.807) is 4.90 Å². The summed E-state index contributed by atoms with van der Waals surface area (Å²) in [4.78, 5) is 32.4. The number of urea groups is 1. The van der Waals surface area contributed by atoms with E-state index in [9.17, 15) is 9.59 Å². The van der Waals surface area contributed by atoms with Crippen LogP contribution in [0.1, 0.15) is 40.7 Å². The van der Waals surface area contributed by atoms with Crippen LogP contribution in [0.4, 0.5) is 10.5 Å². The largest absolute Gasteiger partial charge is 0.348 e. The normalized spacial score (nSPS) is 14.2. The predicted octanol–water partition coefficient (Wildman–Crippen LogP) is 5.11. The van der Waals surface area contributed by atoms with Gasteiger partial charge in [0.2, 0.25) is 0 Å². The summed E-state index contributed by atoms with van der Waals surface area (Å²) in [6.45, 7) is 5.23. The third-order valence-corrected chi connectivity index (χ3v) is 6.96. The number of hydrogen-bond acceptors (Lipinski definition) is 4. The van der Waals surface area contributed by atoms with Gasteiger partial charge in [-0.2, -0.15) is 0 Å². The molecule has 0 bridgehead atoms. The zero-order chi connectivity index (χ0) is 22.5. The van der Waals surface area contributed by atoms with E-state index in [-0.39, 0.29) is 18.0 Å². The number of para-hydroxylation sites is 1. The number of amides is 3. The minimum absolute atomic E-state index is 0.0528. The average Bonchev–Trinajstić information content (AvgIpc) is 3.22. The number of piperidine rings is 1. The first-order valence-electron chi connectivity index (χ1n) is 11.0. The average molecular weight is 449 g/mol. The molecule has 0 saturated carbocycles. The standard InChI is InChI=1S/C25H28N4O2S/c1-3-18-9-11-19(12-10-18)24-26-17(2)22(32-24)23(30)27-21-13-15-29(16-14-21)25(31)28-20-7-5-4-6-8-20/h4-12,21H,3,13-16H2,1-2H3,(H,27,30)(H,28,31). The summed E-state index contributed by atoms with van der Waals surface area (Å²) >= 11 is 1.43. The molecule has 1 fully saturated rings. The molecule has 0 aliphatic carbocycles. The lowest BCUT2D eigenvalue weighted by Crippen LogP contribution is -2.47. The smallest absolute Gasteiger partial charge is 0.321 e. The maximum absolute atomic E-state index is 12.9. The number of benzene rings is 2. The molecular formula is C25H28N4O2S. The summed E-state index contributed by atoms with van der Waals surface area (Å²) in [5, 5.41) is 6.92. The Labute approximate surface area is 192 Å². The Kier molecular flexibility index (Phi) is 6.85. The van der Waals surface area contributed by atoms with Crippen molar-refractivity contribution in [3.8, 4) is 10.6 Å². The number of thiazole rings is 1. The Morgan fingerprint density at radius 1 is 1.06 bits per heavy atom. The maximum atomic E-state index is 12.9. The van der Waals surface area contributed by atoms with Crippen LogP contribution in [0.25, 0.3) is 10.6 Å². The lowest BCUT2D eigenvalue weighted by molar-refractivity contribution is 0.0922. The van der Waals surface area contributed by atoms with Gasteiger partial charge in [-0.25, -0.2) is 9.78 Å². The maximum Gasteiger partial charge on any atom is 0.321 e. The van der Waals surface area contributed by atoms with E-state index in [1.807, 2.05) is 37.3 Å². The highest BCUT2D eigenvalue weighted by Crippen LogP contribution is 2.28. The number of rotatable bonds is 5. The number of aryl methyl sites for hydroxylation is 2. The molecule has 1 saturated heterocycles. The molecule has 6 nitrogen and oxygen atoms in total. The predicted molar refractivity (Wildman–Crippen MR) is 129 cm³/mol. The van der Waals surface area contributed by atoms with E-state index in [2.05, 4.69) is 46.8 Å². The van der Waals surface area contributed by atoms with Crippen LogP contribution in [-0.4, -0.2) is 41.0 Å². The van der Waals surface area contributed by atoms with Crippen molar-refractivity contribution >= 4 is 29.0 Å².